The molecule has 0 saturated heterocycles. The van der Waals surface area contributed by atoms with Gasteiger partial charge in [-0.15, -0.1) is 0 Å². The fraction of sp³-hybridized carbons (Fsp3) is 0.400. The molecule has 6 nitrogen and oxygen atoms in total. The Hall–Kier alpha value is -2.23. The van der Waals surface area contributed by atoms with Gasteiger partial charge in [-0.2, -0.15) is 13.2 Å². The van der Waals surface area contributed by atoms with E-state index in [1.54, 1.807) is 11.8 Å². The topological polar surface area (TPSA) is 82.1 Å². The lowest BCUT2D eigenvalue weighted by atomic mass is 9.99. The molecule has 2 aromatic heterocycles. The van der Waals surface area contributed by atoms with Crippen LogP contribution in [0, 0.1) is 0 Å². The van der Waals surface area contributed by atoms with Crippen molar-refractivity contribution in [2.75, 3.05) is 24.7 Å². The average Bonchev–Trinajstić information content (AvgIpc) is 2.91. The average molecular weight is 374 g/mol. The van der Waals surface area contributed by atoms with Crippen molar-refractivity contribution in [1.29, 1.82) is 0 Å². The number of nitrogens with zero attached hydrogens (tertiary/aromatic N) is 3. The van der Waals surface area contributed by atoms with Gasteiger partial charge in [0, 0.05) is 24.8 Å². The number of H-pyrrole nitrogens is 1. The number of hydrogen-bond acceptors (Lipinski definition) is 5. The summed E-state index contributed by atoms with van der Waals surface area (Å²) < 4.78 is 31.7. The van der Waals surface area contributed by atoms with Crippen molar-refractivity contribution in [3.05, 3.63) is 17.8 Å². The van der Waals surface area contributed by atoms with Crippen LogP contribution in [0.5, 0.6) is 0 Å². The summed E-state index contributed by atoms with van der Waals surface area (Å²) in [5.41, 5.74) is 4.53. The maximum atomic E-state index is 10.6. The van der Waals surface area contributed by atoms with E-state index in [4.69, 9.17) is 9.90 Å². The normalized spacial score (nSPS) is 13.7. The molecule has 2 N–H and O–H groups in total. The van der Waals surface area contributed by atoms with Crippen molar-refractivity contribution in [3.8, 4) is 0 Å². The molecule has 2 aromatic rings. The Kier molecular flexibility index (Phi) is 5.31. The van der Waals surface area contributed by atoms with Gasteiger partial charge in [-0.25, -0.2) is 14.8 Å². The van der Waals surface area contributed by atoms with Crippen molar-refractivity contribution in [2.24, 2.45) is 0 Å². The Morgan fingerprint density at radius 2 is 2.04 bits per heavy atom. The minimum Gasteiger partial charge on any atom is -0.475 e. The number of carboxylic acids is 1. The van der Waals surface area contributed by atoms with Crippen LogP contribution < -0.4 is 4.90 Å². The van der Waals surface area contributed by atoms with E-state index >= 15 is 0 Å². The number of alkyl halides is 3. The molecule has 1 aliphatic rings. The van der Waals surface area contributed by atoms with Gasteiger partial charge in [-0.05, 0) is 18.2 Å². The van der Waals surface area contributed by atoms with E-state index in [2.05, 4.69) is 40.4 Å². The number of carboxylic acid groups (broad SMARTS) is 1. The van der Waals surface area contributed by atoms with Gasteiger partial charge in [-0.1, -0.05) is 25.3 Å². The van der Waals surface area contributed by atoms with Crippen LogP contribution in [0.2, 0.25) is 0 Å². The molecule has 136 valence electrons. The zero-order valence-electron chi connectivity index (χ0n) is 13.9. The molecule has 25 heavy (non-hydrogen) atoms. The monoisotopic (exact) mass is 374 g/mol. The number of likely N-dealkylation sites (N-methyl/N-ethyl adjacent to an activating group) is 1. The molecule has 0 bridgehead atoms. The van der Waals surface area contributed by atoms with E-state index in [-0.39, 0.29) is 0 Å². The number of thioether (sulfide) groups is 1. The minimum atomic E-state index is -5.08. The number of halogens is 3. The number of aliphatic carboxylic acids is 1. The molecule has 3 heterocycles. The number of rotatable bonds is 2. The third kappa shape index (κ3) is 3.73. The number of aromatic amines is 1. The Balaban J connectivity index is 0.000000277. The summed E-state index contributed by atoms with van der Waals surface area (Å²) in [7, 11) is 2.05. The maximum Gasteiger partial charge on any atom is 0.490 e. The third-order valence-electron chi connectivity index (χ3n) is 3.61. The molecule has 1 aliphatic heterocycles. The highest BCUT2D eigenvalue weighted by atomic mass is 32.2. The van der Waals surface area contributed by atoms with E-state index in [0.29, 0.717) is 0 Å². The molecule has 0 amide bonds. The van der Waals surface area contributed by atoms with Crippen LogP contribution in [-0.2, 0) is 11.2 Å². The third-order valence-corrected chi connectivity index (χ3v) is 4.16. The van der Waals surface area contributed by atoms with Gasteiger partial charge in [0.05, 0.1) is 5.39 Å². The van der Waals surface area contributed by atoms with Crippen molar-refractivity contribution in [1.82, 2.24) is 15.0 Å². The molecule has 0 unspecified atom stereocenters. The highest BCUT2D eigenvalue weighted by Gasteiger charge is 2.38. The van der Waals surface area contributed by atoms with Crippen LogP contribution in [-0.4, -0.2) is 52.1 Å². The molecule has 0 fully saturated rings. The molecule has 0 aliphatic carbocycles. The second-order valence-electron chi connectivity index (χ2n) is 5.35. The largest absolute Gasteiger partial charge is 0.490 e. The molecule has 3 rings (SSSR count). The first-order chi connectivity index (χ1) is 11.6. The first kappa shape index (κ1) is 19.1. The van der Waals surface area contributed by atoms with Crippen LogP contribution in [0.25, 0.3) is 16.6 Å². The Bertz CT molecular complexity index is 832. The fourth-order valence-electron chi connectivity index (χ4n) is 2.57. The zero-order valence-corrected chi connectivity index (χ0v) is 14.7. The molecular weight excluding hydrogens is 357 g/mol. The smallest absolute Gasteiger partial charge is 0.475 e. The van der Waals surface area contributed by atoms with Crippen LogP contribution in [0.1, 0.15) is 18.2 Å². The van der Waals surface area contributed by atoms with E-state index in [9.17, 15) is 13.2 Å². The molecule has 0 saturated carbocycles. The maximum absolute atomic E-state index is 10.6. The van der Waals surface area contributed by atoms with Gasteiger partial charge in [0.1, 0.15) is 11.5 Å². The van der Waals surface area contributed by atoms with Crippen LogP contribution >= 0.6 is 11.8 Å². The van der Waals surface area contributed by atoms with Crippen molar-refractivity contribution >= 4 is 40.2 Å². The van der Waals surface area contributed by atoms with E-state index in [0.717, 1.165) is 40.5 Å². The van der Waals surface area contributed by atoms with E-state index in [1.807, 2.05) is 6.26 Å². The summed E-state index contributed by atoms with van der Waals surface area (Å²) in [5, 5.41) is 9.07. The van der Waals surface area contributed by atoms with Crippen molar-refractivity contribution < 1.29 is 23.1 Å². The summed E-state index contributed by atoms with van der Waals surface area (Å²) in [6.45, 7) is 7.17. The Labute approximate surface area is 146 Å². The van der Waals surface area contributed by atoms with Crippen LogP contribution in [0.4, 0.5) is 19.0 Å². The SMILES string of the molecule is C=C1CN(C)c2nc(SC)nc3[nH]c(CC)c1c23.O=C(O)C(F)(F)F. The molecule has 0 radical (unpaired) electrons. The van der Waals surface area contributed by atoms with Gasteiger partial charge in [-0.3, -0.25) is 0 Å². The van der Waals surface area contributed by atoms with Gasteiger partial charge in [0.25, 0.3) is 0 Å². The van der Waals surface area contributed by atoms with Crippen LogP contribution in [0.3, 0.4) is 0 Å². The summed E-state index contributed by atoms with van der Waals surface area (Å²) >= 11 is 1.57. The summed E-state index contributed by atoms with van der Waals surface area (Å²) in [5.74, 6) is -1.74. The fourth-order valence-corrected chi connectivity index (χ4v) is 2.93. The highest BCUT2D eigenvalue weighted by Crippen LogP contribution is 2.38. The Morgan fingerprint density at radius 3 is 2.52 bits per heavy atom. The lowest BCUT2D eigenvalue weighted by Crippen LogP contribution is -2.24. The predicted octanol–water partition coefficient (Wildman–Crippen LogP) is 3.34. The van der Waals surface area contributed by atoms with E-state index < -0.39 is 12.1 Å². The van der Waals surface area contributed by atoms with Gasteiger partial charge < -0.3 is 15.0 Å². The first-order valence-corrected chi connectivity index (χ1v) is 8.48. The summed E-state index contributed by atoms with van der Waals surface area (Å²) in [6.07, 6.45) is -2.12. The lowest BCUT2D eigenvalue weighted by Gasteiger charge is -2.26. The number of anilines is 1. The van der Waals surface area contributed by atoms with Crippen LogP contribution in [0.15, 0.2) is 11.7 Å². The van der Waals surface area contributed by atoms with Gasteiger partial charge in [0.2, 0.25) is 0 Å². The molecule has 0 spiro atoms. The number of carbonyl (C=O) groups is 1. The predicted molar refractivity (Wildman–Crippen MR) is 91.0 cm³/mol. The quantitative estimate of drug-likeness (QED) is 0.620. The number of aromatic nitrogens is 3. The number of nitrogens with one attached hydrogen (secondary N) is 1. The molecule has 0 aromatic carbocycles. The summed E-state index contributed by atoms with van der Waals surface area (Å²) in [4.78, 5) is 23.7. The van der Waals surface area contributed by atoms with Gasteiger partial charge >= 0.3 is 12.1 Å². The second-order valence-corrected chi connectivity index (χ2v) is 6.13. The highest BCUT2D eigenvalue weighted by molar-refractivity contribution is 7.98. The summed E-state index contributed by atoms with van der Waals surface area (Å²) in [6, 6.07) is 0. The first-order valence-electron chi connectivity index (χ1n) is 7.26. The number of aryl methyl sites for hydroxylation is 1. The lowest BCUT2D eigenvalue weighted by molar-refractivity contribution is -0.192. The van der Waals surface area contributed by atoms with Crippen molar-refractivity contribution in [3.63, 3.8) is 0 Å². The second kappa shape index (κ2) is 6.95. The van der Waals surface area contributed by atoms with E-state index in [1.165, 1.54) is 11.3 Å². The minimum absolute atomic E-state index is 0.812. The molecular formula is C15H17F3N4O2S. The zero-order chi connectivity index (χ0) is 18.9. The standard InChI is InChI=1S/C13H16N4S.C2HF3O2/c1-5-8-9-7(2)6-17(3)12-10(9)11(14-8)15-13(16-12)18-4;3-2(4,5)1(6)7/h2,5-6H2,1,3-4H3,(H,14,15,16);(H,6,7). The van der Waals surface area contributed by atoms with Gasteiger partial charge in [0.15, 0.2) is 5.16 Å². The number of hydrogen-bond donors (Lipinski definition) is 2. The molecule has 10 heteroatoms. The molecule has 0 atom stereocenters. The van der Waals surface area contributed by atoms with Crippen molar-refractivity contribution in [2.45, 2.75) is 24.7 Å². The Morgan fingerprint density at radius 1 is 1.44 bits per heavy atom.